The number of anilines is 2. The van der Waals surface area contributed by atoms with Crippen molar-refractivity contribution in [1.29, 1.82) is 0 Å². The topological polar surface area (TPSA) is 52.6 Å². The monoisotopic (exact) mass is 338 g/mol. The largest absolute Gasteiger partial charge is 0.508 e. The molecule has 0 aliphatic carbocycles. The lowest BCUT2D eigenvalue weighted by Crippen LogP contribution is -2.23. The number of nitrogens with zero attached hydrogens (tertiary/aromatic N) is 1. The van der Waals surface area contributed by atoms with Crippen LogP contribution in [0.25, 0.3) is 0 Å². The second-order valence-electron chi connectivity index (χ2n) is 5.03. The van der Waals surface area contributed by atoms with E-state index in [1.165, 1.54) is 17.0 Å². The van der Waals surface area contributed by atoms with Crippen LogP contribution in [0.2, 0.25) is 10.0 Å². The van der Waals surface area contributed by atoms with E-state index in [1.807, 2.05) is 24.3 Å². The molecule has 0 saturated carbocycles. The van der Waals surface area contributed by atoms with Gasteiger partial charge in [0.05, 0.1) is 22.2 Å². The molecule has 2 aromatic rings. The highest BCUT2D eigenvalue weighted by atomic mass is 35.5. The maximum absolute atomic E-state index is 11.9. The van der Waals surface area contributed by atoms with Crippen LogP contribution < -0.4 is 5.32 Å². The summed E-state index contributed by atoms with van der Waals surface area (Å²) < 4.78 is 0. The van der Waals surface area contributed by atoms with E-state index < -0.39 is 0 Å². The van der Waals surface area contributed by atoms with Gasteiger partial charge in [0.2, 0.25) is 5.91 Å². The smallest absolute Gasteiger partial charge is 0.226 e. The molecule has 2 aromatic carbocycles. The molecular weight excluding hydrogens is 323 g/mol. The molecule has 6 heteroatoms. The lowest BCUT2D eigenvalue weighted by molar-refractivity contribution is -0.127. The normalized spacial score (nSPS) is 10.4. The Balaban J connectivity index is 2.33. The van der Waals surface area contributed by atoms with Crippen molar-refractivity contribution in [2.45, 2.75) is 6.42 Å². The van der Waals surface area contributed by atoms with Crippen molar-refractivity contribution in [2.24, 2.45) is 0 Å². The zero-order valence-electron chi connectivity index (χ0n) is 12.2. The van der Waals surface area contributed by atoms with Crippen LogP contribution in [0.1, 0.15) is 5.56 Å². The SMILES string of the molecule is CN(C)C(=O)Cc1ccccc1Nc1c(Cl)cc(O)cc1Cl. The number of benzene rings is 2. The number of rotatable bonds is 4. The first-order valence-corrected chi connectivity index (χ1v) is 7.37. The number of nitrogens with one attached hydrogen (secondary N) is 1. The number of carbonyl (C=O) groups excluding carboxylic acids is 1. The van der Waals surface area contributed by atoms with Gasteiger partial charge in [0, 0.05) is 31.9 Å². The van der Waals surface area contributed by atoms with Crippen LogP contribution in [0.4, 0.5) is 11.4 Å². The zero-order valence-corrected chi connectivity index (χ0v) is 13.7. The fraction of sp³-hybridized carbons (Fsp3) is 0.188. The van der Waals surface area contributed by atoms with Crippen molar-refractivity contribution >= 4 is 40.5 Å². The van der Waals surface area contributed by atoms with Crippen LogP contribution in [0.15, 0.2) is 36.4 Å². The average molecular weight is 339 g/mol. The van der Waals surface area contributed by atoms with Gasteiger partial charge in [-0.3, -0.25) is 4.79 Å². The molecular formula is C16H16Cl2N2O2. The highest BCUT2D eigenvalue weighted by Crippen LogP contribution is 2.37. The third-order valence-electron chi connectivity index (χ3n) is 3.14. The predicted octanol–water partition coefficient (Wildman–Crippen LogP) is 4.07. The fourth-order valence-electron chi connectivity index (χ4n) is 1.93. The lowest BCUT2D eigenvalue weighted by atomic mass is 10.1. The number of carbonyl (C=O) groups is 1. The van der Waals surface area contributed by atoms with Crippen molar-refractivity contribution in [2.75, 3.05) is 19.4 Å². The fourth-order valence-corrected chi connectivity index (χ4v) is 2.50. The minimum atomic E-state index is -0.00313. The van der Waals surface area contributed by atoms with Crippen LogP contribution in [-0.4, -0.2) is 30.0 Å². The van der Waals surface area contributed by atoms with Gasteiger partial charge in [0.15, 0.2) is 0 Å². The number of phenols is 1. The number of para-hydroxylation sites is 1. The van der Waals surface area contributed by atoms with Crippen molar-refractivity contribution in [3.63, 3.8) is 0 Å². The number of amides is 1. The molecule has 0 aromatic heterocycles. The second-order valence-corrected chi connectivity index (χ2v) is 5.85. The Bertz CT molecular complexity index is 679. The first-order chi connectivity index (χ1) is 10.4. The van der Waals surface area contributed by atoms with Gasteiger partial charge in [-0.25, -0.2) is 0 Å². The molecule has 0 bridgehead atoms. The van der Waals surface area contributed by atoms with Gasteiger partial charge in [-0.05, 0) is 11.6 Å². The highest BCUT2D eigenvalue weighted by molar-refractivity contribution is 6.39. The molecule has 0 fully saturated rings. The minimum Gasteiger partial charge on any atom is -0.508 e. The van der Waals surface area contributed by atoms with Crippen LogP contribution in [0.3, 0.4) is 0 Å². The number of hydrogen-bond acceptors (Lipinski definition) is 3. The van der Waals surface area contributed by atoms with E-state index in [4.69, 9.17) is 23.2 Å². The molecule has 0 aliphatic rings. The van der Waals surface area contributed by atoms with Crippen molar-refractivity contribution < 1.29 is 9.90 Å². The summed E-state index contributed by atoms with van der Waals surface area (Å²) in [5.74, 6) is -0.00577. The highest BCUT2D eigenvalue weighted by Gasteiger charge is 2.13. The third kappa shape index (κ3) is 3.84. The number of phenolic OH excluding ortho intramolecular Hbond substituents is 1. The minimum absolute atomic E-state index is 0.00264. The molecule has 0 spiro atoms. The molecule has 0 atom stereocenters. The van der Waals surface area contributed by atoms with E-state index in [0.717, 1.165) is 11.3 Å². The molecule has 116 valence electrons. The quantitative estimate of drug-likeness (QED) is 0.826. The molecule has 0 unspecified atom stereocenters. The summed E-state index contributed by atoms with van der Waals surface area (Å²) in [6, 6.07) is 10.2. The van der Waals surface area contributed by atoms with E-state index in [9.17, 15) is 9.90 Å². The Morgan fingerprint density at radius 3 is 2.36 bits per heavy atom. The van der Waals surface area contributed by atoms with Crippen LogP contribution in [0, 0.1) is 0 Å². The van der Waals surface area contributed by atoms with Crippen LogP contribution in [0.5, 0.6) is 5.75 Å². The Morgan fingerprint density at radius 2 is 1.77 bits per heavy atom. The molecule has 1 amide bonds. The third-order valence-corrected chi connectivity index (χ3v) is 3.74. The maximum atomic E-state index is 11.9. The molecule has 2 N–H and O–H groups in total. The molecule has 2 rings (SSSR count). The summed E-state index contributed by atoms with van der Waals surface area (Å²) in [5, 5.41) is 13.2. The van der Waals surface area contributed by atoms with E-state index in [2.05, 4.69) is 5.32 Å². The Hall–Kier alpha value is -1.91. The number of likely N-dealkylation sites (N-methyl/N-ethyl adjacent to an activating group) is 1. The lowest BCUT2D eigenvalue weighted by Gasteiger charge is -2.16. The van der Waals surface area contributed by atoms with E-state index in [0.29, 0.717) is 15.7 Å². The van der Waals surface area contributed by atoms with Gasteiger partial charge in [-0.2, -0.15) is 0 Å². The van der Waals surface area contributed by atoms with Crippen molar-refractivity contribution in [1.82, 2.24) is 4.90 Å². The summed E-state index contributed by atoms with van der Waals surface area (Å²) in [4.78, 5) is 13.4. The van der Waals surface area contributed by atoms with Crippen molar-refractivity contribution in [3.05, 3.63) is 52.0 Å². The standard InChI is InChI=1S/C16H16Cl2N2O2/c1-20(2)15(22)7-10-5-3-4-6-14(10)19-16-12(17)8-11(21)9-13(16)18/h3-6,8-9,19,21H,7H2,1-2H3. The van der Waals surface area contributed by atoms with Gasteiger partial charge in [0.25, 0.3) is 0 Å². The van der Waals surface area contributed by atoms with E-state index in [1.54, 1.807) is 14.1 Å². The van der Waals surface area contributed by atoms with Crippen LogP contribution >= 0.6 is 23.2 Å². The van der Waals surface area contributed by atoms with Gasteiger partial charge in [-0.15, -0.1) is 0 Å². The molecule has 22 heavy (non-hydrogen) atoms. The Labute approximate surface area is 139 Å². The predicted molar refractivity (Wildman–Crippen MR) is 90.2 cm³/mol. The number of halogens is 2. The zero-order chi connectivity index (χ0) is 16.3. The molecule has 4 nitrogen and oxygen atoms in total. The Morgan fingerprint density at radius 1 is 1.18 bits per heavy atom. The van der Waals surface area contributed by atoms with Gasteiger partial charge < -0.3 is 15.3 Å². The molecule has 0 aliphatic heterocycles. The van der Waals surface area contributed by atoms with Gasteiger partial charge in [-0.1, -0.05) is 41.4 Å². The number of hydrogen-bond donors (Lipinski definition) is 2. The summed E-state index contributed by atoms with van der Waals surface area (Å²) in [5.41, 5.74) is 2.07. The average Bonchev–Trinajstić information content (AvgIpc) is 2.44. The summed E-state index contributed by atoms with van der Waals surface area (Å²) in [7, 11) is 3.43. The molecule has 0 radical (unpaired) electrons. The van der Waals surface area contributed by atoms with E-state index in [-0.39, 0.29) is 18.1 Å². The summed E-state index contributed by atoms with van der Waals surface area (Å²) >= 11 is 12.2. The van der Waals surface area contributed by atoms with E-state index >= 15 is 0 Å². The summed E-state index contributed by atoms with van der Waals surface area (Å²) in [6.45, 7) is 0. The number of aromatic hydroxyl groups is 1. The summed E-state index contributed by atoms with van der Waals surface area (Å²) in [6.07, 6.45) is 0.267. The first-order valence-electron chi connectivity index (χ1n) is 6.61. The van der Waals surface area contributed by atoms with Gasteiger partial charge in [0.1, 0.15) is 5.75 Å². The second kappa shape index (κ2) is 6.90. The molecule has 0 saturated heterocycles. The van der Waals surface area contributed by atoms with Crippen LogP contribution in [-0.2, 0) is 11.2 Å². The maximum Gasteiger partial charge on any atom is 0.226 e. The Kier molecular flexibility index (Phi) is 5.16. The van der Waals surface area contributed by atoms with Gasteiger partial charge >= 0.3 is 0 Å². The first kappa shape index (κ1) is 16.5. The van der Waals surface area contributed by atoms with Crippen molar-refractivity contribution in [3.8, 4) is 5.75 Å². The molecule has 0 heterocycles.